The summed E-state index contributed by atoms with van der Waals surface area (Å²) < 4.78 is 36.0. The van der Waals surface area contributed by atoms with Crippen LogP contribution in [-0.4, -0.2) is 74.9 Å². The number of nitrogens with zero attached hydrogens (tertiary/aromatic N) is 5. The standard InChI is InChI=1S/C22H33N6O7P/c1-5-32-19-15-18(26-21(23)27-19)28(11-25-15)16-17-22(16,4)10-14(35-17)6-8-34-36(30,31)12-24-7-9-33-20(29)13(2)3/h11-14,16-17H,5-10H2,1-4H3,(H,30,31)(H2,23,26,27)/b24-12+/t14-,16?,17+,22?/m1/s1. The number of carbonyl (C=O) groups is 1. The summed E-state index contributed by atoms with van der Waals surface area (Å²) in [4.78, 5) is 38.1. The fourth-order valence-corrected chi connectivity index (χ4v) is 5.32. The van der Waals surface area contributed by atoms with Gasteiger partial charge in [0.05, 0.1) is 50.3 Å². The van der Waals surface area contributed by atoms with Gasteiger partial charge in [-0.1, -0.05) is 20.8 Å². The number of carbonyl (C=O) groups excluding carboxylic acids is 1. The fourth-order valence-electron chi connectivity index (χ4n) is 4.57. The van der Waals surface area contributed by atoms with E-state index in [1.54, 1.807) is 20.2 Å². The van der Waals surface area contributed by atoms with Crippen molar-refractivity contribution in [2.24, 2.45) is 16.3 Å². The van der Waals surface area contributed by atoms with E-state index in [1.165, 1.54) is 0 Å². The molecule has 0 bridgehead atoms. The summed E-state index contributed by atoms with van der Waals surface area (Å²) in [5.41, 5.74) is 6.91. The van der Waals surface area contributed by atoms with E-state index in [4.69, 9.17) is 24.5 Å². The first-order valence-corrected chi connectivity index (χ1v) is 13.6. The van der Waals surface area contributed by atoms with Gasteiger partial charge in [0.25, 0.3) is 0 Å². The van der Waals surface area contributed by atoms with E-state index >= 15 is 0 Å². The Morgan fingerprint density at radius 1 is 1.44 bits per heavy atom. The van der Waals surface area contributed by atoms with Crippen molar-refractivity contribution in [2.75, 3.05) is 32.1 Å². The first-order chi connectivity index (χ1) is 17.1. The molecule has 14 heteroatoms. The van der Waals surface area contributed by atoms with Gasteiger partial charge in [-0.15, -0.1) is 0 Å². The lowest BCUT2D eigenvalue weighted by molar-refractivity contribution is -0.146. The number of ether oxygens (including phenoxy) is 3. The molecule has 0 amide bonds. The van der Waals surface area contributed by atoms with Gasteiger partial charge in [0.15, 0.2) is 11.2 Å². The van der Waals surface area contributed by atoms with Gasteiger partial charge >= 0.3 is 13.6 Å². The lowest BCUT2D eigenvalue weighted by atomic mass is 10.00. The van der Waals surface area contributed by atoms with Crippen molar-refractivity contribution in [1.29, 1.82) is 0 Å². The Bertz CT molecular complexity index is 1190. The highest BCUT2D eigenvalue weighted by atomic mass is 31.2. The van der Waals surface area contributed by atoms with Crippen molar-refractivity contribution in [3.63, 3.8) is 0 Å². The lowest BCUT2D eigenvalue weighted by Gasteiger charge is -2.18. The van der Waals surface area contributed by atoms with E-state index < -0.39 is 7.60 Å². The molecule has 0 radical (unpaired) electrons. The Labute approximate surface area is 208 Å². The molecule has 3 unspecified atom stereocenters. The zero-order valence-electron chi connectivity index (χ0n) is 20.9. The molecule has 1 aliphatic heterocycles. The predicted octanol–water partition coefficient (Wildman–Crippen LogP) is 2.35. The molecule has 3 heterocycles. The minimum Gasteiger partial charge on any atom is -0.476 e. The normalized spacial score (nSPS) is 26.9. The summed E-state index contributed by atoms with van der Waals surface area (Å²) in [5, 5.41) is 0. The number of aromatic nitrogens is 4. The summed E-state index contributed by atoms with van der Waals surface area (Å²) in [7, 11) is -3.99. The average Bonchev–Trinajstić information content (AvgIpc) is 3.09. The Morgan fingerprint density at radius 3 is 2.89 bits per heavy atom. The van der Waals surface area contributed by atoms with Crippen LogP contribution in [0.3, 0.4) is 0 Å². The quantitative estimate of drug-likeness (QED) is 0.180. The molecule has 0 spiro atoms. The smallest absolute Gasteiger partial charge is 0.369 e. The van der Waals surface area contributed by atoms with Crippen LogP contribution in [0.1, 0.15) is 46.6 Å². The summed E-state index contributed by atoms with van der Waals surface area (Å²) in [6.45, 7) is 8.07. The van der Waals surface area contributed by atoms with Crippen LogP contribution in [-0.2, 0) is 23.4 Å². The largest absolute Gasteiger partial charge is 0.476 e. The minimum atomic E-state index is -3.99. The van der Waals surface area contributed by atoms with Gasteiger partial charge < -0.3 is 33.9 Å². The molecule has 0 aromatic carbocycles. The monoisotopic (exact) mass is 524 g/mol. The van der Waals surface area contributed by atoms with Crippen LogP contribution < -0.4 is 10.5 Å². The van der Waals surface area contributed by atoms with E-state index in [2.05, 4.69) is 26.9 Å². The SMILES string of the molecule is CCOc1nc(N)nc2c1ncn2C1[C@@H]2O[C@H](CCOP(=O)(O)/C=N/CCOC(=O)C(C)C)CC12C. The van der Waals surface area contributed by atoms with Crippen LogP contribution >= 0.6 is 7.60 Å². The number of anilines is 1. The number of fused-ring (bicyclic) bond motifs is 2. The van der Waals surface area contributed by atoms with Crippen LogP contribution in [0.25, 0.3) is 11.2 Å². The van der Waals surface area contributed by atoms with Crippen molar-refractivity contribution in [3.8, 4) is 5.88 Å². The first-order valence-electron chi connectivity index (χ1n) is 12.0. The van der Waals surface area contributed by atoms with E-state index in [0.717, 1.165) is 12.4 Å². The number of esters is 1. The van der Waals surface area contributed by atoms with Gasteiger partial charge in [-0.3, -0.25) is 14.4 Å². The van der Waals surface area contributed by atoms with Gasteiger partial charge in [-0.2, -0.15) is 9.97 Å². The third kappa shape index (κ3) is 5.54. The molecule has 2 aromatic heterocycles. The maximum absolute atomic E-state index is 12.2. The Hall–Kier alpha value is -2.60. The fraction of sp³-hybridized carbons (Fsp3) is 0.682. The van der Waals surface area contributed by atoms with Crippen molar-refractivity contribution in [3.05, 3.63) is 6.33 Å². The van der Waals surface area contributed by atoms with E-state index in [9.17, 15) is 14.3 Å². The molecule has 13 nitrogen and oxygen atoms in total. The number of nitrogens with two attached hydrogens (primary N) is 1. The number of imidazole rings is 1. The summed E-state index contributed by atoms with van der Waals surface area (Å²) >= 11 is 0. The maximum Gasteiger partial charge on any atom is 0.369 e. The lowest BCUT2D eigenvalue weighted by Crippen LogP contribution is -2.17. The predicted molar refractivity (Wildman–Crippen MR) is 131 cm³/mol. The number of hydrogen-bond donors (Lipinski definition) is 2. The van der Waals surface area contributed by atoms with Crippen LogP contribution in [0.2, 0.25) is 0 Å². The molecular weight excluding hydrogens is 491 g/mol. The molecule has 1 saturated heterocycles. The van der Waals surface area contributed by atoms with E-state index in [1.807, 2.05) is 11.5 Å². The van der Waals surface area contributed by atoms with Crippen molar-refractivity contribution in [2.45, 2.75) is 58.8 Å². The third-order valence-corrected chi connectivity index (χ3v) is 7.38. The number of nitrogen functional groups attached to an aromatic ring is 1. The summed E-state index contributed by atoms with van der Waals surface area (Å²) in [6, 6.07) is 0.0457. The second kappa shape index (κ2) is 10.4. The van der Waals surface area contributed by atoms with Crippen molar-refractivity contribution >= 4 is 36.6 Å². The van der Waals surface area contributed by atoms with Gasteiger partial charge in [-0.05, 0) is 19.8 Å². The number of rotatable bonds is 12. The van der Waals surface area contributed by atoms with Crippen LogP contribution in [0.5, 0.6) is 5.88 Å². The molecule has 3 N–H and O–H groups in total. The van der Waals surface area contributed by atoms with E-state index in [-0.39, 0.29) is 61.3 Å². The molecule has 1 aliphatic carbocycles. The van der Waals surface area contributed by atoms with Gasteiger partial charge in [0.2, 0.25) is 11.8 Å². The number of aliphatic imine (C=N–C) groups is 1. The highest BCUT2D eigenvalue weighted by molar-refractivity contribution is 7.68. The first kappa shape index (κ1) is 26.5. The van der Waals surface area contributed by atoms with E-state index in [0.29, 0.717) is 30.1 Å². The van der Waals surface area contributed by atoms with Crippen LogP contribution in [0.15, 0.2) is 11.3 Å². The molecule has 198 valence electrons. The third-order valence-electron chi connectivity index (χ3n) is 6.38. The zero-order valence-corrected chi connectivity index (χ0v) is 21.8. The Balaban J connectivity index is 1.25. The van der Waals surface area contributed by atoms with Crippen LogP contribution in [0.4, 0.5) is 5.95 Å². The zero-order chi connectivity index (χ0) is 26.1. The van der Waals surface area contributed by atoms with Gasteiger partial charge in [0, 0.05) is 5.41 Å². The minimum absolute atomic E-state index is 0.0392. The Morgan fingerprint density at radius 2 is 2.22 bits per heavy atom. The molecule has 36 heavy (non-hydrogen) atoms. The van der Waals surface area contributed by atoms with Crippen LogP contribution in [0, 0.1) is 11.3 Å². The van der Waals surface area contributed by atoms with Crippen molar-refractivity contribution < 1.29 is 33.0 Å². The molecule has 2 aliphatic rings. The highest BCUT2D eigenvalue weighted by Crippen LogP contribution is 2.66. The van der Waals surface area contributed by atoms with Crippen molar-refractivity contribution in [1.82, 2.24) is 19.5 Å². The molecule has 1 saturated carbocycles. The number of hydrogen-bond acceptors (Lipinski definition) is 11. The molecule has 2 aromatic rings. The summed E-state index contributed by atoms with van der Waals surface area (Å²) in [5.74, 6) is 0.790. The molecular formula is C22H33N6O7P. The van der Waals surface area contributed by atoms with Gasteiger partial charge in [-0.25, -0.2) is 4.98 Å². The summed E-state index contributed by atoms with van der Waals surface area (Å²) in [6.07, 6.45) is 2.80. The topological polar surface area (TPSA) is 173 Å². The second-order valence-electron chi connectivity index (χ2n) is 9.51. The Kier molecular flexibility index (Phi) is 7.65. The molecule has 2 fully saturated rings. The highest BCUT2D eigenvalue weighted by Gasteiger charge is 2.69. The average molecular weight is 525 g/mol. The second-order valence-corrected chi connectivity index (χ2v) is 11.1. The maximum atomic E-state index is 12.2. The molecule has 5 atom stereocenters. The molecule has 4 rings (SSSR count). The van der Waals surface area contributed by atoms with Gasteiger partial charge in [0.1, 0.15) is 12.6 Å².